The van der Waals surface area contributed by atoms with E-state index in [0.29, 0.717) is 6.42 Å². The van der Waals surface area contributed by atoms with Crippen LogP contribution >= 0.6 is 0 Å². The van der Waals surface area contributed by atoms with Gasteiger partial charge in [0, 0.05) is 5.92 Å². The van der Waals surface area contributed by atoms with Gasteiger partial charge in [0.2, 0.25) is 0 Å². The second-order valence-corrected chi connectivity index (χ2v) is 3.67. The number of aliphatic hydroxyl groups is 1. The molecule has 0 spiro atoms. The monoisotopic (exact) mass is 172 g/mol. The molecular formula is C8H12O4. The number of rotatable bonds is 1. The van der Waals surface area contributed by atoms with Crippen LogP contribution in [-0.4, -0.2) is 34.5 Å². The highest BCUT2D eigenvalue weighted by Crippen LogP contribution is 2.42. The molecule has 2 rings (SSSR count). The van der Waals surface area contributed by atoms with E-state index in [9.17, 15) is 9.90 Å². The van der Waals surface area contributed by atoms with E-state index in [1.54, 1.807) is 0 Å². The molecule has 0 aromatic carbocycles. The van der Waals surface area contributed by atoms with Crippen LogP contribution in [-0.2, 0) is 9.53 Å². The highest BCUT2D eigenvalue weighted by atomic mass is 16.5. The number of fused-ring (bicyclic) bond motifs is 2. The molecule has 0 aromatic rings. The zero-order valence-corrected chi connectivity index (χ0v) is 6.80. The molecule has 4 heteroatoms. The van der Waals surface area contributed by atoms with Crippen molar-refractivity contribution in [3.05, 3.63) is 0 Å². The normalized spacial score (nSPS) is 51.3. The van der Waals surface area contributed by atoms with E-state index in [2.05, 4.69) is 0 Å². The number of carboxylic acids is 1. The lowest BCUT2D eigenvalue weighted by atomic mass is 9.81. The van der Waals surface area contributed by atoms with Crippen molar-refractivity contribution in [1.82, 2.24) is 0 Å². The fourth-order valence-electron chi connectivity index (χ4n) is 2.15. The molecule has 3 unspecified atom stereocenters. The zero-order valence-electron chi connectivity index (χ0n) is 6.80. The molecule has 2 fully saturated rings. The second kappa shape index (κ2) is 2.44. The summed E-state index contributed by atoms with van der Waals surface area (Å²) in [7, 11) is 0. The van der Waals surface area contributed by atoms with Gasteiger partial charge in [-0.3, -0.25) is 4.79 Å². The van der Waals surface area contributed by atoms with Gasteiger partial charge in [-0.25, -0.2) is 0 Å². The molecule has 2 aliphatic heterocycles. The Morgan fingerprint density at radius 3 is 2.67 bits per heavy atom. The maximum absolute atomic E-state index is 10.7. The van der Waals surface area contributed by atoms with E-state index in [1.807, 2.05) is 6.92 Å². The van der Waals surface area contributed by atoms with E-state index in [-0.39, 0.29) is 12.0 Å². The Bertz CT molecular complexity index is 213. The summed E-state index contributed by atoms with van der Waals surface area (Å²) in [6.45, 7) is 1.90. The molecule has 2 aliphatic rings. The number of hydrogen-bond acceptors (Lipinski definition) is 3. The number of aliphatic hydroxyl groups excluding tert-OH is 1. The molecule has 0 aliphatic carbocycles. The van der Waals surface area contributed by atoms with Crippen LogP contribution in [0, 0.1) is 11.8 Å². The largest absolute Gasteiger partial charge is 0.481 e. The molecule has 0 amide bonds. The van der Waals surface area contributed by atoms with E-state index >= 15 is 0 Å². The fourth-order valence-corrected chi connectivity index (χ4v) is 2.15. The molecular weight excluding hydrogens is 160 g/mol. The first-order valence-corrected chi connectivity index (χ1v) is 4.17. The standard InChI is InChI=1S/C8H12O4/c1-3-5-2-4(8(10)11)7(12-5)6(3)9/h3-7,9H,2H2,1H3,(H,10,11)/t3-,4?,5+,6?,7?/m1/s1. The van der Waals surface area contributed by atoms with Gasteiger partial charge in [-0.2, -0.15) is 0 Å². The third-order valence-corrected chi connectivity index (χ3v) is 2.99. The predicted molar refractivity (Wildman–Crippen MR) is 39.6 cm³/mol. The SMILES string of the molecule is C[C@H]1C(O)C2O[C@H]1CC2C(=O)O. The van der Waals surface area contributed by atoms with Crippen molar-refractivity contribution < 1.29 is 19.7 Å². The first-order chi connectivity index (χ1) is 5.61. The average molecular weight is 172 g/mol. The summed E-state index contributed by atoms with van der Waals surface area (Å²) in [5, 5.41) is 18.3. The van der Waals surface area contributed by atoms with Gasteiger partial charge in [0.05, 0.1) is 24.2 Å². The molecule has 0 radical (unpaired) electrons. The average Bonchev–Trinajstić information content (AvgIpc) is 2.53. The van der Waals surface area contributed by atoms with Gasteiger partial charge in [-0.05, 0) is 6.42 Å². The molecule has 12 heavy (non-hydrogen) atoms. The third-order valence-electron chi connectivity index (χ3n) is 2.99. The lowest BCUT2D eigenvalue weighted by Crippen LogP contribution is -2.39. The minimum Gasteiger partial charge on any atom is -0.481 e. The van der Waals surface area contributed by atoms with Crippen molar-refractivity contribution >= 4 is 5.97 Å². The summed E-state index contributed by atoms with van der Waals surface area (Å²) < 4.78 is 5.34. The molecule has 2 saturated heterocycles. The van der Waals surface area contributed by atoms with Crippen LogP contribution in [0.2, 0.25) is 0 Å². The van der Waals surface area contributed by atoms with E-state index in [1.165, 1.54) is 0 Å². The Morgan fingerprint density at radius 1 is 1.58 bits per heavy atom. The molecule has 0 saturated carbocycles. The minimum absolute atomic E-state index is 0.0499. The number of carbonyl (C=O) groups is 1. The van der Waals surface area contributed by atoms with E-state index in [0.717, 1.165) is 0 Å². The van der Waals surface area contributed by atoms with Crippen molar-refractivity contribution in [1.29, 1.82) is 0 Å². The number of aliphatic carboxylic acids is 1. The second-order valence-electron chi connectivity index (χ2n) is 3.67. The highest BCUT2D eigenvalue weighted by molar-refractivity contribution is 5.71. The molecule has 2 N–H and O–H groups in total. The number of carboxylic acid groups (broad SMARTS) is 1. The van der Waals surface area contributed by atoms with Gasteiger partial charge in [0.1, 0.15) is 0 Å². The maximum atomic E-state index is 10.7. The van der Waals surface area contributed by atoms with Gasteiger partial charge in [-0.15, -0.1) is 0 Å². The van der Waals surface area contributed by atoms with Gasteiger partial charge in [-0.1, -0.05) is 6.92 Å². The maximum Gasteiger partial charge on any atom is 0.309 e. The predicted octanol–water partition coefficient (Wildman–Crippen LogP) is -0.145. The van der Waals surface area contributed by atoms with Crippen molar-refractivity contribution in [2.45, 2.75) is 31.7 Å². The quantitative estimate of drug-likeness (QED) is 0.577. The van der Waals surface area contributed by atoms with Crippen LogP contribution < -0.4 is 0 Å². The van der Waals surface area contributed by atoms with Gasteiger partial charge < -0.3 is 14.9 Å². The van der Waals surface area contributed by atoms with Crippen molar-refractivity contribution in [3.8, 4) is 0 Å². The Kier molecular flexibility index (Phi) is 1.63. The van der Waals surface area contributed by atoms with E-state index < -0.39 is 24.1 Å². The van der Waals surface area contributed by atoms with E-state index in [4.69, 9.17) is 9.84 Å². The Balaban J connectivity index is 2.15. The minimum atomic E-state index is -0.853. The van der Waals surface area contributed by atoms with Crippen LogP contribution in [0.3, 0.4) is 0 Å². The van der Waals surface area contributed by atoms with Crippen molar-refractivity contribution in [2.75, 3.05) is 0 Å². The number of ether oxygens (including phenoxy) is 1. The van der Waals surface area contributed by atoms with Gasteiger partial charge in [0.15, 0.2) is 0 Å². The Hall–Kier alpha value is -0.610. The molecule has 4 nitrogen and oxygen atoms in total. The summed E-state index contributed by atoms with van der Waals surface area (Å²) in [6.07, 6.45) is -0.559. The van der Waals surface area contributed by atoms with Crippen LogP contribution in [0.1, 0.15) is 13.3 Å². The smallest absolute Gasteiger partial charge is 0.309 e. The Labute approximate surface area is 70.1 Å². The van der Waals surface area contributed by atoms with Crippen molar-refractivity contribution in [2.24, 2.45) is 11.8 Å². The lowest BCUT2D eigenvalue weighted by Gasteiger charge is -2.24. The summed E-state index contributed by atoms with van der Waals surface area (Å²) in [4.78, 5) is 10.7. The fraction of sp³-hybridized carbons (Fsp3) is 0.875. The summed E-state index contributed by atoms with van der Waals surface area (Å²) in [5.41, 5.74) is 0. The van der Waals surface area contributed by atoms with Crippen molar-refractivity contribution in [3.63, 3.8) is 0 Å². The van der Waals surface area contributed by atoms with Gasteiger partial charge in [0.25, 0.3) is 0 Å². The summed E-state index contributed by atoms with van der Waals surface area (Å²) in [5.74, 6) is -1.26. The highest BCUT2D eigenvalue weighted by Gasteiger charge is 2.54. The summed E-state index contributed by atoms with van der Waals surface area (Å²) >= 11 is 0. The summed E-state index contributed by atoms with van der Waals surface area (Å²) in [6, 6.07) is 0. The van der Waals surface area contributed by atoms with Crippen LogP contribution in [0.5, 0.6) is 0 Å². The first-order valence-electron chi connectivity index (χ1n) is 4.17. The molecule has 5 atom stereocenters. The topological polar surface area (TPSA) is 66.8 Å². The molecule has 2 heterocycles. The van der Waals surface area contributed by atoms with Gasteiger partial charge >= 0.3 is 5.97 Å². The number of hydrogen-bond donors (Lipinski definition) is 2. The van der Waals surface area contributed by atoms with Crippen LogP contribution in [0.25, 0.3) is 0 Å². The molecule has 0 aromatic heterocycles. The molecule has 68 valence electrons. The molecule has 2 bridgehead atoms. The Morgan fingerprint density at radius 2 is 2.25 bits per heavy atom. The third kappa shape index (κ3) is 0.881. The van der Waals surface area contributed by atoms with Crippen LogP contribution in [0.15, 0.2) is 0 Å². The zero-order chi connectivity index (χ0) is 8.88. The lowest BCUT2D eigenvalue weighted by molar-refractivity contribution is -0.145. The first kappa shape index (κ1) is 8.01. The van der Waals surface area contributed by atoms with Crippen LogP contribution in [0.4, 0.5) is 0 Å².